The van der Waals surface area contributed by atoms with Gasteiger partial charge in [0.2, 0.25) is 5.91 Å². The summed E-state index contributed by atoms with van der Waals surface area (Å²) in [5.41, 5.74) is 1.28. The Bertz CT molecular complexity index is 738. The third-order valence-corrected chi connectivity index (χ3v) is 6.67. The van der Waals surface area contributed by atoms with Crippen LogP contribution in [0.3, 0.4) is 0 Å². The molecule has 1 amide bonds. The molecule has 0 bridgehead atoms. The molecule has 4 heteroatoms. The molecular formula is C23H32N2O2. The molecule has 1 aromatic rings. The van der Waals surface area contributed by atoms with Crippen molar-refractivity contribution < 1.29 is 9.53 Å². The molecule has 0 spiro atoms. The van der Waals surface area contributed by atoms with Gasteiger partial charge in [-0.1, -0.05) is 47.0 Å². The molecule has 0 saturated heterocycles. The van der Waals surface area contributed by atoms with E-state index in [1.54, 1.807) is 0 Å². The summed E-state index contributed by atoms with van der Waals surface area (Å²) in [5, 5.41) is 12.5. The highest BCUT2D eigenvalue weighted by Crippen LogP contribution is 2.55. The molecule has 2 aliphatic rings. The first-order valence-electron chi connectivity index (χ1n) is 10.2. The first-order chi connectivity index (χ1) is 12.7. The number of nitrogens with zero attached hydrogens (tertiary/aromatic N) is 1. The number of carbonyl (C=O) groups excluding carboxylic acids is 1. The quantitative estimate of drug-likeness (QED) is 0.834. The van der Waals surface area contributed by atoms with Crippen LogP contribution in [0.15, 0.2) is 18.2 Å². The summed E-state index contributed by atoms with van der Waals surface area (Å²) in [6, 6.07) is 7.89. The zero-order chi connectivity index (χ0) is 19.8. The second kappa shape index (κ2) is 7.19. The Morgan fingerprint density at radius 2 is 1.78 bits per heavy atom. The second-order valence-corrected chi connectivity index (χ2v) is 9.51. The first kappa shape index (κ1) is 19.7. The van der Waals surface area contributed by atoms with Crippen molar-refractivity contribution in [2.45, 2.75) is 78.9 Å². The average molecular weight is 369 g/mol. The van der Waals surface area contributed by atoms with Crippen molar-refractivity contribution in [3.8, 4) is 11.8 Å². The maximum absolute atomic E-state index is 12.8. The van der Waals surface area contributed by atoms with E-state index >= 15 is 0 Å². The largest absolute Gasteiger partial charge is 0.489 e. The van der Waals surface area contributed by atoms with Gasteiger partial charge in [0.15, 0.2) is 0 Å². The van der Waals surface area contributed by atoms with E-state index < -0.39 is 0 Å². The van der Waals surface area contributed by atoms with Crippen LogP contribution in [0.5, 0.6) is 5.75 Å². The topological polar surface area (TPSA) is 62.1 Å². The number of benzene rings is 1. The van der Waals surface area contributed by atoms with Crippen LogP contribution in [0.2, 0.25) is 0 Å². The fourth-order valence-corrected chi connectivity index (χ4v) is 5.40. The van der Waals surface area contributed by atoms with E-state index in [9.17, 15) is 4.79 Å². The van der Waals surface area contributed by atoms with E-state index in [4.69, 9.17) is 10.00 Å². The highest BCUT2D eigenvalue weighted by Gasteiger charge is 2.64. The fraction of sp³-hybridized carbons (Fsp3) is 0.652. The van der Waals surface area contributed by atoms with Gasteiger partial charge in [-0.25, -0.2) is 0 Å². The molecule has 3 rings (SSSR count). The highest BCUT2D eigenvalue weighted by molar-refractivity contribution is 5.79. The lowest BCUT2D eigenvalue weighted by Gasteiger charge is -2.63. The van der Waals surface area contributed by atoms with Crippen LogP contribution >= 0.6 is 0 Å². The number of rotatable bonds is 4. The van der Waals surface area contributed by atoms with Gasteiger partial charge in [-0.15, -0.1) is 0 Å². The van der Waals surface area contributed by atoms with Crippen molar-refractivity contribution in [1.29, 1.82) is 5.26 Å². The number of ether oxygens (including phenoxy) is 1. The molecule has 2 aliphatic carbocycles. The molecule has 2 fully saturated rings. The summed E-state index contributed by atoms with van der Waals surface area (Å²) < 4.78 is 6.36. The highest BCUT2D eigenvalue weighted by atomic mass is 16.5. The Labute approximate surface area is 163 Å². The third kappa shape index (κ3) is 3.57. The Morgan fingerprint density at radius 3 is 2.33 bits per heavy atom. The Balaban J connectivity index is 1.71. The van der Waals surface area contributed by atoms with E-state index in [0.717, 1.165) is 24.2 Å². The first-order valence-corrected chi connectivity index (χ1v) is 10.2. The second-order valence-electron chi connectivity index (χ2n) is 9.51. The summed E-state index contributed by atoms with van der Waals surface area (Å²) >= 11 is 0. The van der Waals surface area contributed by atoms with Gasteiger partial charge < -0.3 is 10.1 Å². The van der Waals surface area contributed by atoms with Gasteiger partial charge in [0.05, 0.1) is 11.6 Å². The lowest BCUT2D eigenvalue weighted by atomic mass is 9.49. The molecule has 1 N–H and O–H groups in total. The molecule has 0 atom stereocenters. The van der Waals surface area contributed by atoms with Crippen molar-refractivity contribution in [2.75, 3.05) is 0 Å². The van der Waals surface area contributed by atoms with Crippen LogP contribution < -0.4 is 10.1 Å². The van der Waals surface area contributed by atoms with Crippen LogP contribution in [0.1, 0.15) is 70.9 Å². The SMILES string of the molecule is Cc1cc(O[C@H]2C(C)(C)[C@H](NC(=O)C3CCCCC3)C2(C)C)ccc1C#N. The summed E-state index contributed by atoms with van der Waals surface area (Å²) in [7, 11) is 0. The van der Waals surface area contributed by atoms with Crippen LogP contribution in [0, 0.1) is 35.0 Å². The minimum atomic E-state index is -0.157. The molecule has 1 aromatic carbocycles. The Kier molecular flexibility index (Phi) is 5.25. The average Bonchev–Trinajstić information content (AvgIpc) is 2.64. The molecule has 4 nitrogen and oxygen atoms in total. The normalized spacial score (nSPS) is 26.5. The molecule has 146 valence electrons. The lowest BCUT2D eigenvalue weighted by Crippen LogP contribution is -2.75. The van der Waals surface area contributed by atoms with Crippen molar-refractivity contribution >= 4 is 5.91 Å². The predicted molar refractivity (Wildman–Crippen MR) is 106 cm³/mol. The van der Waals surface area contributed by atoms with E-state index in [2.05, 4.69) is 39.1 Å². The molecular weight excluding hydrogens is 336 g/mol. The van der Waals surface area contributed by atoms with Crippen molar-refractivity contribution in [2.24, 2.45) is 16.7 Å². The number of hydrogen-bond acceptors (Lipinski definition) is 3. The van der Waals surface area contributed by atoms with Gasteiger partial charge in [-0.3, -0.25) is 4.79 Å². The Morgan fingerprint density at radius 1 is 1.15 bits per heavy atom. The monoisotopic (exact) mass is 368 g/mol. The minimum Gasteiger partial charge on any atom is -0.489 e. The molecule has 0 radical (unpaired) electrons. The van der Waals surface area contributed by atoms with Gasteiger partial charge in [-0.05, 0) is 43.5 Å². The number of nitriles is 1. The van der Waals surface area contributed by atoms with Crippen molar-refractivity contribution in [1.82, 2.24) is 5.32 Å². The van der Waals surface area contributed by atoms with Gasteiger partial charge in [-0.2, -0.15) is 5.26 Å². The summed E-state index contributed by atoms with van der Waals surface area (Å²) in [6.07, 6.45) is 5.62. The molecule has 0 aliphatic heterocycles. The maximum atomic E-state index is 12.8. The maximum Gasteiger partial charge on any atom is 0.223 e. The molecule has 0 aromatic heterocycles. The number of amides is 1. The van der Waals surface area contributed by atoms with Crippen LogP contribution in [-0.2, 0) is 4.79 Å². The molecule has 27 heavy (non-hydrogen) atoms. The van der Waals surface area contributed by atoms with E-state index in [0.29, 0.717) is 5.56 Å². The number of hydrogen-bond donors (Lipinski definition) is 1. The third-order valence-electron chi connectivity index (χ3n) is 6.67. The van der Waals surface area contributed by atoms with Gasteiger partial charge in [0.25, 0.3) is 0 Å². The van der Waals surface area contributed by atoms with Gasteiger partial charge in [0.1, 0.15) is 11.9 Å². The number of aryl methyl sites for hydroxylation is 1. The predicted octanol–water partition coefficient (Wildman–Crippen LogP) is 4.75. The van der Waals surface area contributed by atoms with Gasteiger partial charge >= 0.3 is 0 Å². The molecule has 2 saturated carbocycles. The van der Waals surface area contributed by atoms with E-state index in [-0.39, 0.29) is 34.8 Å². The molecule has 0 heterocycles. The summed E-state index contributed by atoms with van der Waals surface area (Å²) in [4.78, 5) is 12.8. The van der Waals surface area contributed by atoms with Crippen LogP contribution in [0.25, 0.3) is 0 Å². The zero-order valence-electron chi connectivity index (χ0n) is 17.3. The zero-order valence-corrected chi connectivity index (χ0v) is 17.3. The van der Waals surface area contributed by atoms with Gasteiger partial charge in [0, 0.05) is 22.8 Å². The van der Waals surface area contributed by atoms with Crippen molar-refractivity contribution in [3.05, 3.63) is 29.3 Å². The van der Waals surface area contributed by atoms with E-state index in [1.165, 1.54) is 19.3 Å². The summed E-state index contributed by atoms with van der Waals surface area (Å²) in [5.74, 6) is 1.18. The standard InChI is InChI=1S/C23H32N2O2/c1-15-13-18(12-11-17(15)14-24)27-21-22(2,3)20(23(21,4)5)25-19(26)16-9-7-6-8-10-16/h11-13,16,20-21H,6-10H2,1-5H3,(H,25,26)/t20-,21-. The number of nitrogens with one attached hydrogen (secondary N) is 1. The lowest BCUT2D eigenvalue weighted by molar-refractivity contribution is -0.175. The summed E-state index contributed by atoms with van der Waals surface area (Å²) in [6.45, 7) is 10.6. The minimum absolute atomic E-state index is 0.00556. The van der Waals surface area contributed by atoms with E-state index in [1.807, 2.05) is 25.1 Å². The molecule has 0 unspecified atom stereocenters. The number of carbonyl (C=O) groups is 1. The fourth-order valence-electron chi connectivity index (χ4n) is 5.40. The van der Waals surface area contributed by atoms with Crippen LogP contribution in [0.4, 0.5) is 0 Å². The van der Waals surface area contributed by atoms with Crippen molar-refractivity contribution in [3.63, 3.8) is 0 Å². The Hall–Kier alpha value is -2.02. The smallest absolute Gasteiger partial charge is 0.223 e. The van der Waals surface area contributed by atoms with Crippen LogP contribution in [-0.4, -0.2) is 18.1 Å².